The molecule has 7 heteroatoms. The number of benzene rings is 1. The number of rotatable bonds is 4. The maximum atomic E-state index is 13.3. The first-order chi connectivity index (χ1) is 13.7. The Kier molecular flexibility index (Phi) is 5.64. The van der Waals surface area contributed by atoms with Gasteiger partial charge in [-0.1, -0.05) is 24.3 Å². The number of carbonyl (C=O) groups excluding carboxylic acids is 2. The molecular formula is C21H24N2O4S. The minimum Gasteiger partial charge on any atom is -0.496 e. The number of likely N-dealkylation sites (tertiary alicyclic amines) is 1. The van der Waals surface area contributed by atoms with Crippen LogP contribution in [0.15, 0.2) is 41.8 Å². The summed E-state index contributed by atoms with van der Waals surface area (Å²) in [6.45, 7) is 3.28. The van der Waals surface area contributed by atoms with Crippen molar-refractivity contribution in [2.45, 2.75) is 5.92 Å². The van der Waals surface area contributed by atoms with Gasteiger partial charge in [0.05, 0.1) is 31.1 Å². The molecule has 0 N–H and O–H groups in total. The predicted molar refractivity (Wildman–Crippen MR) is 107 cm³/mol. The van der Waals surface area contributed by atoms with Gasteiger partial charge in [0.1, 0.15) is 5.75 Å². The molecule has 0 bridgehead atoms. The minimum atomic E-state index is -0.279. The van der Waals surface area contributed by atoms with E-state index < -0.39 is 0 Å². The van der Waals surface area contributed by atoms with Crippen LogP contribution in [0.1, 0.15) is 21.2 Å². The van der Waals surface area contributed by atoms with Crippen LogP contribution in [0.2, 0.25) is 0 Å². The highest BCUT2D eigenvalue weighted by molar-refractivity contribution is 7.12. The van der Waals surface area contributed by atoms with Crippen molar-refractivity contribution in [3.05, 3.63) is 52.2 Å². The van der Waals surface area contributed by atoms with E-state index in [4.69, 9.17) is 9.47 Å². The monoisotopic (exact) mass is 400 g/mol. The molecule has 0 spiro atoms. The van der Waals surface area contributed by atoms with Gasteiger partial charge in [0.15, 0.2) is 0 Å². The van der Waals surface area contributed by atoms with E-state index in [1.165, 1.54) is 11.3 Å². The molecule has 2 aliphatic heterocycles. The van der Waals surface area contributed by atoms with E-state index in [1.54, 1.807) is 7.11 Å². The maximum Gasteiger partial charge on any atom is 0.263 e. The molecule has 1 aromatic carbocycles. The van der Waals surface area contributed by atoms with Crippen LogP contribution in [0.4, 0.5) is 0 Å². The first-order valence-corrected chi connectivity index (χ1v) is 10.4. The Labute approximate surface area is 168 Å². The van der Waals surface area contributed by atoms with Crippen molar-refractivity contribution < 1.29 is 19.1 Å². The summed E-state index contributed by atoms with van der Waals surface area (Å²) in [5, 5.41) is 1.90. The van der Waals surface area contributed by atoms with Crippen LogP contribution in [0, 0.1) is 5.92 Å². The van der Waals surface area contributed by atoms with Crippen LogP contribution in [-0.4, -0.2) is 68.1 Å². The Bertz CT molecular complexity index is 833. The Morgan fingerprint density at radius 2 is 1.86 bits per heavy atom. The van der Waals surface area contributed by atoms with E-state index in [9.17, 15) is 9.59 Å². The largest absolute Gasteiger partial charge is 0.496 e. The first-order valence-electron chi connectivity index (χ1n) is 9.51. The molecule has 2 saturated heterocycles. The first kappa shape index (κ1) is 19.0. The van der Waals surface area contributed by atoms with Crippen molar-refractivity contribution >= 4 is 23.2 Å². The number of para-hydroxylation sites is 1. The molecule has 0 aliphatic carbocycles. The molecule has 2 amide bonds. The number of hydrogen-bond donors (Lipinski definition) is 0. The van der Waals surface area contributed by atoms with Gasteiger partial charge in [0.25, 0.3) is 5.91 Å². The number of methoxy groups -OCH3 is 1. The lowest BCUT2D eigenvalue weighted by atomic mass is 9.87. The number of thiophene rings is 1. The fraction of sp³-hybridized carbons (Fsp3) is 0.429. The molecule has 0 unspecified atom stereocenters. The second-order valence-electron chi connectivity index (χ2n) is 7.08. The molecule has 2 aliphatic rings. The molecule has 2 fully saturated rings. The van der Waals surface area contributed by atoms with Gasteiger partial charge >= 0.3 is 0 Å². The molecule has 2 aromatic rings. The van der Waals surface area contributed by atoms with Gasteiger partial charge in [-0.15, -0.1) is 11.3 Å². The van der Waals surface area contributed by atoms with E-state index in [1.807, 2.05) is 51.6 Å². The molecular weight excluding hydrogens is 376 g/mol. The summed E-state index contributed by atoms with van der Waals surface area (Å²) in [5.41, 5.74) is 0.984. The van der Waals surface area contributed by atoms with Crippen molar-refractivity contribution in [2.24, 2.45) is 5.92 Å². The third-order valence-corrected chi connectivity index (χ3v) is 6.38. The molecule has 1 aromatic heterocycles. The number of carbonyl (C=O) groups is 2. The van der Waals surface area contributed by atoms with Crippen molar-refractivity contribution in [1.82, 2.24) is 9.80 Å². The molecule has 148 valence electrons. The summed E-state index contributed by atoms with van der Waals surface area (Å²) in [6, 6.07) is 11.5. The van der Waals surface area contributed by atoms with Gasteiger partial charge in [-0.25, -0.2) is 0 Å². The second kappa shape index (κ2) is 8.32. The van der Waals surface area contributed by atoms with Crippen LogP contribution in [-0.2, 0) is 9.53 Å². The lowest BCUT2D eigenvalue weighted by Crippen LogP contribution is -2.45. The van der Waals surface area contributed by atoms with Crippen LogP contribution >= 0.6 is 11.3 Å². The van der Waals surface area contributed by atoms with Crippen LogP contribution < -0.4 is 4.74 Å². The smallest absolute Gasteiger partial charge is 0.263 e. The number of amides is 2. The molecule has 2 atom stereocenters. The van der Waals surface area contributed by atoms with E-state index in [2.05, 4.69) is 0 Å². The fourth-order valence-electron chi connectivity index (χ4n) is 4.08. The third-order valence-electron chi connectivity index (χ3n) is 5.52. The van der Waals surface area contributed by atoms with Gasteiger partial charge in [-0.05, 0) is 23.1 Å². The van der Waals surface area contributed by atoms with E-state index in [0.29, 0.717) is 44.3 Å². The fourth-order valence-corrected chi connectivity index (χ4v) is 4.77. The van der Waals surface area contributed by atoms with Gasteiger partial charge in [-0.3, -0.25) is 9.59 Å². The van der Waals surface area contributed by atoms with Gasteiger partial charge in [-0.2, -0.15) is 0 Å². The zero-order valence-electron chi connectivity index (χ0n) is 15.9. The lowest BCUT2D eigenvalue weighted by Gasteiger charge is -2.31. The summed E-state index contributed by atoms with van der Waals surface area (Å²) in [5.74, 6) is 0.485. The summed E-state index contributed by atoms with van der Waals surface area (Å²) >= 11 is 1.43. The summed E-state index contributed by atoms with van der Waals surface area (Å²) in [4.78, 5) is 30.7. The van der Waals surface area contributed by atoms with Crippen molar-refractivity contribution in [3.8, 4) is 5.75 Å². The van der Waals surface area contributed by atoms with E-state index in [0.717, 1.165) is 11.3 Å². The number of ether oxygens (including phenoxy) is 2. The van der Waals surface area contributed by atoms with Crippen molar-refractivity contribution in [1.29, 1.82) is 0 Å². The zero-order chi connectivity index (χ0) is 19.5. The molecule has 0 radical (unpaired) electrons. The molecule has 4 rings (SSSR count). The molecule has 3 heterocycles. The van der Waals surface area contributed by atoms with Gasteiger partial charge in [0.2, 0.25) is 5.91 Å². The van der Waals surface area contributed by atoms with Gasteiger partial charge in [0, 0.05) is 32.1 Å². The predicted octanol–water partition coefficient (Wildman–Crippen LogP) is 2.47. The Hall–Kier alpha value is -2.38. The SMILES string of the molecule is COc1ccccc1[C@H]1CN(C(=O)c2cccs2)C[C@@H]1C(=O)N1CCOCC1. The highest BCUT2D eigenvalue weighted by Gasteiger charge is 2.43. The number of hydrogen-bond acceptors (Lipinski definition) is 5. The van der Waals surface area contributed by atoms with Crippen LogP contribution in [0.25, 0.3) is 0 Å². The minimum absolute atomic E-state index is 0.00724. The van der Waals surface area contributed by atoms with Crippen molar-refractivity contribution in [2.75, 3.05) is 46.5 Å². The van der Waals surface area contributed by atoms with Crippen LogP contribution in [0.3, 0.4) is 0 Å². The normalized spacial score (nSPS) is 22.3. The van der Waals surface area contributed by atoms with E-state index in [-0.39, 0.29) is 23.7 Å². The Balaban J connectivity index is 1.63. The second-order valence-corrected chi connectivity index (χ2v) is 8.03. The molecule has 28 heavy (non-hydrogen) atoms. The topological polar surface area (TPSA) is 59.1 Å². The van der Waals surface area contributed by atoms with E-state index >= 15 is 0 Å². The standard InChI is InChI=1S/C21H24N2O4S/c1-26-18-6-3-2-5-15(18)16-13-23(21(25)19-7-4-12-28-19)14-17(16)20(24)22-8-10-27-11-9-22/h2-7,12,16-17H,8-11,13-14H2,1H3/t16-,17+/m1/s1. The van der Waals surface area contributed by atoms with Gasteiger partial charge < -0.3 is 19.3 Å². The zero-order valence-corrected chi connectivity index (χ0v) is 16.7. The highest BCUT2D eigenvalue weighted by Crippen LogP contribution is 2.39. The Morgan fingerprint density at radius 3 is 2.57 bits per heavy atom. The van der Waals surface area contributed by atoms with Crippen LogP contribution in [0.5, 0.6) is 5.75 Å². The third kappa shape index (κ3) is 3.64. The Morgan fingerprint density at radius 1 is 1.07 bits per heavy atom. The summed E-state index contributed by atoms with van der Waals surface area (Å²) in [7, 11) is 1.64. The number of morpholine rings is 1. The molecule has 0 saturated carbocycles. The van der Waals surface area contributed by atoms with Crippen molar-refractivity contribution in [3.63, 3.8) is 0 Å². The summed E-state index contributed by atoms with van der Waals surface area (Å²) in [6.07, 6.45) is 0. The quantitative estimate of drug-likeness (QED) is 0.791. The molecule has 6 nitrogen and oxygen atoms in total. The maximum absolute atomic E-state index is 13.3. The average molecular weight is 401 g/mol. The highest BCUT2D eigenvalue weighted by atomic mass is 32.1. The summed E-state index contributed by atoms with van der Waals surface area (Å²) < 4.78 is 10.9. The number of nitrogens with zero attached hydrogens (tertiary/aromatic N) is 2. The average Bonchev–Trinajstić information content (AvgIpc) is 3.43. The lowest BCUT2D eigenvalue weighted by molar-refractivity contribution is -0.139.